The van der Waals surface area contributed by atoms with Crippen molar-refractivity contribution in [2.75, 3.05) is 25.3 Å². The average molecular weight is 545 g/mol. The molecule has 10 nitrogen and oxygen atoms in total. The number of hydrogen-bond acceptors (Lipinski definition) is 10. The number of benzene rings is 1. The minimum Gasteiger partial charge on any atom is -0.486 e. The second-order valence-electron chi connectivity index (χ2n) is 7.66. The minimum absolute atomic E-state index is 0.0142. The molecular formula is C25H28N4O6S2. The van der Waals surface area contributed by atoms with Crippen LogP contribution in [0.4, 0.5) is 5.00 Å². The molecule has 0 saturated carbocycles. The molecular weight excluding hydrogens is 516 g/mol. The zero-order chi connectivity index (χ0) is 26.9. The summed E-state index contributed by atoms with van der Waals surface area (Å²) in [7, 11) is 2.47. The Morgan fingerprint density at radius 1 is 1.14 bits per heavy atom. The first-order valence-corrected chi connectivity index (χ1v) is 13.1. The largest absolute Gasteiger partial charge is 0.486 e. The highest BCUT2D eigenvalue weighted by Crippen LogP contribution is 2.34. The number of ether oxygens (including phenoxy) is 3. The number of allylic oxidation sites excluding steroid dienone is 1. The number of thiophene rings is 1. The monoisotopic (exact) mass is 544 g/mol. The molecule has 1 amide bonds. The number of aryl methyl sites for hydroxylation is 1. The van der Waals surface area contributed by atoms with Crippen LogP contribution >= 0.6 is 23.1 Å². The number of carbonyl (C=O) groups excluding carboxylic acids is 3. The summed E-state index contributed by atoms with van der Waals surface area (Å²) in [6, 6.07) is 7.85. The van der Waals surface area contributed by atoms with Gasteiger partial charge in [-0.25, -0.2) is 9.59 Å². The molecule has 0 fully saturated rings. The predicted octanol–water partition coefficient (Wildman–Crippen LogP) is 4.28. The van der Waals surface area contributed by atoms with Gasteiger partial charge in [-0.15, -0.1) is 28.1 Å². The van der Waals surface area contributed by atoms with Crippen molar-refractivity contribution < 1.29 is 28.6 Å². The molecule has 3 rings (SSSR count). The molecule has 0 saturated heterocycles. The topological polar surface area (TPSA) is 122 Å². The summed E-state index contributed by atoms with van der Waals surface area (Å²) in [6.07, 6.45) is 2.66. The van der Waals surface area contributed by atoms with Crippen LogP contribution in [0.25, 0.3) is 0 Å². The number of nitrogens with one attached hydrogen (secondary N) is 1. The van der Waals surface area contributed by atoms with Crippen LogP contribution in [0.3, 0.4) is 0 Å². The number of anilines is 1. The third-order valence-corrected chi connectivity index (χ3v) is 7.45. The predicted molar refractivity (Wildman–Crippen MR) is 141 cm³/mol. The Hall–Kier alpha value is -3.64. The van der Waals surface area contributed by atoms with Gasteiger partial charge in [-0.3, -0.25) is 9.36 Å². The van der Waals surface area contributed by atoms with E-state index in [1.54, 1.807) is 13.0 Å². The van der Waals surface area contributed by atoms with Gasteiger partial charge < -0.3 is 19.5 Å². The Morgan fingerprint density at radius 3 is 2.46 bits per heavy atom. The molecule has 1 N–H and O–H groups in total. The molecule has 0 bridgehead atoms. The highest BCUT2D eigenvalue weighted by molar-refractivity contribution is 7.99. The maximum Gasteiger partial charge on any atom is 0.348 e. The van der Waals surface area contributed by atoms with Crippen LogP contribution in [-0.4, -0.2) is 52.6 Å². The highest BCUT2D eigenvalue weighted by atomic mass is 32.2. The van der Waals surface area contributed by atoms with Crippen molar-refractivity contribution in [2.45, 2.75) is 38.6 Å². The lowest BCUT2D eigenvalue weighted by molar-refractivity contribution is -0.113. The summed E-state index contributed by atoms with van der Waals surface area (Å²) < 4.78 is 17.3. The van der Waals surface area contributed by atoms with E-state index in [9.17, 15) is 14.4 Å². The van der Waals surface area contributed by atoms with Gasteiger partial charge in [0.2, 0.25) is 5.91 Å². The van der Waals surface area contributed by atoms with E-state index < -0.39 is 17.8 Å². The van der Waals surface area contributed by atoms with Crippen LogP contribution in [0, 0.1) is 6.92 Å². The molecule has 3 aromatic rings. The van der Waals surface area contributed by atoms with E-state index >= 15 is 0 Å². The molecule has 0 spiro atoms. The summed E-state index contributed by atoms with van der Waals surface area (Å²) in [5, 5.41) is 11.8. The van der Waals surface area contributed by atoms with Gasteiger partial charge in [0.05, 0.1) is 25.5 Å². The Kier molecular flexibility index (Phi) is 9.86. The smallest absolute Gasteiger partial charge is 0.348 e. The van der Waals surface area contributed by atoms with E-state index in [1.807, 2.05) is 28.8 Å². The molecule has 0 unspecified atom stereocenters. The average Bonchev–Trinajstić information content (AvgIpc) is 3.45. The molecule has 0 aliphatic carbocycles. The van der Waals surface area contributed by atoms with Crippen LogP contribution in [0.1, 0.15) is 43.9 Å². The number of esters is 2. The van der Waals surface area contributed by atoms with Gasteiger partial charge in [-0.1, -0.05) is 36.9 Å². The van der Waals surface area contributed by atoms with E-state index in [2.05, 4.69) is 29.0 Å². The maximum absolute atomic E-state index is 12.8. The fourth-order valence-corrected chi connectivity index (χ4v) is 5.24. The van der Waals surface area contributed by atoms with E-state index in [4.69, 9.17) is 14.2 Å². The minimum atomic E-state index is -0.661. The van der Waals surface area contributed by atoms with Crippen LogP contribution in [0.2, 0.25) is 0 Å². The number of nitrogens with zero attached hydrogens (tertiary/aromatic N) is 3. The van der Waals surface area contributed by atoms with E-state index in [-0.39, 0.29) is 27.8 Å². The zero-order valence-electron chi connectivity index (χ0n) is 21.0. The van der Waals surface area contributed by atoms with Crippen molar-refractivity contribution in [1.82, 2.24) is 14.8 Å². The highest BCUT2D eigenvalue weighted by Gasteiger charge is 2.27. The second kappa shape index (κ2) is 13.1. The molecule has 1 aromatic carbocycles. The molecule has 0 aliphatic rings. The summed E-state index contributed by atoms with van der Waals surface area (Å²) in [5.74, 6) is -0.359. The normalized spacial score (nSPS) is 10.6. The van der Waals surface area contributed by atoms with Crippen molar-refractivity contribution in [2.24, 2.45) is 0 Å². The molecule has 196 valence electrons. The molecule has 2 aromatic heterocycles. The first kappa shape index (κ1) is 27.9. The number of thioether (sulfide) groups is 1. The van der Waals surface area contributed by atoms with Gasteiger partial charge in [0.15, 0.2) is 11.0 Å². The van der Waals surface area contributed by atoms with Gasteiger partial charge in [0, 0.05) is 6.54 Å². The summed E-state index contributed by atoms with van der Waals surface area (Å²) in [4.78, 5) is 37.3. The quantitative estimate of drug-likeness (QED) is 0.202. The number of aromatic nitrogens is 3. The van der Waals surface area contributed by atoms with Crippen molar-refractivity contribution in [3.8, 4) is 5.75 Å². The lowest BCUT2D eigenvalue weighted by atomic mass is 10.1. The Balaban J connectivity index is 1.69. The van der Waals surface area contributed by atoms with Crippen molar-refractivity contribution >= 4 is 45.9 Å². The van der Waals surface area contributed by atoms with E-state index in [0.717, 1.165) is 23.5 Å². The Labute approximate surface area is 223 Å². The van der Waals surface area contributed by atoms with Gasteiger partial charge >= 0.3 is 11.9 Å². The zero-order valence-corrected chi connectivity index (χ0v) is 22.7. The maximum atomic E-state index is 12.8. The van der Waals surface area contributed by atoms with Crippen molar-refractivity contribution in [1.29, 1.82) is 0 Å². The van der Waals surface area contributed by atoms with Crippen LogP contribution in [0.15, 0.2) is 42.1 Å². The molecule has 12 heteroatoms. The molecule has 0 radical (unpaired) electrons. The first-order chi connectivity index (χ1) is 17.8. The van der Waals surface area contributed by atoms with Gasteiger partial charge in [-0.2, -0.15) is 0 Å². The molecule has 2 heterocycles. The first-order valence-electron chi connectivity index (χ1n) is 11.3. The Morgan fingerprint density at radius 2 is 1.84 bits per heavy atom. The third-order valence-electron chi connectivity index (χ3n) is 5.30. The van der Waals surface area contributed by atoms with Crippen LogP contribution in [-0.2, 0) is 33.8 Å². The number of carbonyl (C=O) groups is 3. The fourth-order valence-electron chi connectivity index (χ4n) is 3.34. The number of hydrogen-bond donors (Lipinski definition) is 1. The molecule has 0 atom stereocenters. The number of amides is 1. The summed E-state index contributed by atoms with van der Waals surface area (Å²) in [6.45, 7) is 8.11. The summed E-state index contributed by atoms with van der Waals surface area (Å²) in [5.41, 5.74) is 1.72. The van der Waals surface area contributed by atoms with Gasteiger partial charge in [0.25, 0.3) is 0 Å². The number of rotatable bonds is 12. The number of methoxy groups -OCH3 is 2. The fraction of sp³-hybridized carbons (Fsp3) is 0.320. The Bertz CT molecular complexity index is 1280. The van der Waals surface area contributed by atoms with Crippen molar-refractivity contribution in [3.63, 3.8) is 0 Å². The molecule has 37 heavy (non-hydrogen) atoms. The van der Waals surface area contributed by atoms with Crippen molar-refractivity contribution in [3.05, 3.63) is 64.3 Å². The van der Waals surface area contributed by atoms with E-state index in [1.165, 1.54) is 31.5 Å². The SMILES string of the molecule is C=CCn1c(COc2ccc(CC)cc2)nnc1SCC(=O)Nc1sc(C(=O)OC)c(C)c1C(=O)OC. The molecule has 0 aliphatic heterocycles. The lowest BCUT2D eigenvalue weighted by Crippen LogP contribution is -2.16. The van der Waals surface area contributed by atoms with Gasteiger partial charge in [-0.05, 0) is 36.6 Å². The standard InChI is InChI=1S/C25H28N4O6S2/c1-6-12-29-18(13-35-17-10-8-16(7-2)9-11-17)27-28-25(29)36-14-19(30)26-22-20(23(31)33-4)15(3)21(37-22)24(32)34-5/h6,8-11H,1,7,12-14H2,2-5H3,(H,26,30). The third kappa shape index (κ3) is 6.77. The van der Waals surface area contributed by atoms with E-state index in [0.29, 0.717) is 23.1 Å². The second-order valence-corrected chi connectivity index (χ2v) is 9.63. The van der Waals surface area contributed by atoms with Gasteiger partial charge in [0.1, 0.15) is 22.2 Å². The lowest BCUT2D eigenvalue weighted by Gasteiger charge is -2.10. The van der Waals surface area contributed by atoms with Crippen LogP contribution in [0.5, 0.6) is 5.75 Å². The summed E-state index contributed by atoms with van der Waals surface area (Å²) >= 11 is 2.13. The van der Waals surface area contributed by atoms with Crippen LogP contribution < -0.4 is 10.1 Å².